The van der Waals surface area contributed by atoms with Crippen molar-refractivity contribution < 1.29 is 27.3 Å². The Morgan fingerprint density at radius 1 is 0.951 bits per heavy atom. The fourth-order valence-electron chi connectivity index (χ4n) is 5.89. The van der Waals surface area contributed by atoms with Gasteiger partial charge in [0.1, 0.15) is 10.8 Å². The molecule has 0 atom stereocenters. The molecule has 5 heterocycles. The molecule has 8 nitrogen and oxygen atoms in total. The van der Waals surface area contributed by atoms with Crippen molar-refractivity contribution in [3.63, 3.8) is 0 Å². The summed E-state index contributed by atoms with van der Waals surface area (Å²) in [6, 6.07) is 16.1. The van der Waals surface area contributed by atoms with Crippen molar-refractivity contribution in [3.05, 3.63) is 101 Å². The number of hydrogen-bond acceptors (Lipinski definition) is 6. The Kier molecular flexibility index (Phi) is 5.90. The molecule has 2 aromatic carbocycles. The smallest absolute Gasteiger partial charge is 0.292 e. The Morgan fingerprint density at radius 3 is 2.51 bits per heavy atom. The van der Waals surface area contributed by atoms with Gasteiger partial charge in [-0.05, 0) is 48.7 Å². The van der Waals surface area contributed by atoms with Crippen molar-refractivity contribution in [2.45, 2.75) is 18.3 Å². The average molecular weight is 575 g/mol. The van der Waals surface area contributed by atoms with Crippen LogP contribution >= 0.6 is 11.6 Å². The van der Waals surface area contributed by atoms with E-state index in [9.17, 15) is 18.4 Å². The number of para-hydroxylation sites is 1. The number of piperidine rings is 1. The van der Waals surface area contributed by atoms with Crippen LogP contribution in [-0.4, -0.2) is 46.5 Å². The highest BCUT2D eigenvalue weighted by molar-refractivity contribution is 6.34. The number of halogens is 3. The van der Waals surface area contributed by atoms with Crippen LogP contribution in [0.5, 0.6) is 0 Å². The number of furan rings is 1. The van der Waals surface area contributed by atoms with Gasteiger partial charge in [-0.15, -0.1) is 0 Å². The minimum absolute atomic E-state index is 0.0895. The molecule has 2 aliphatic heterocycles. The maximum absolute atomic E-state index is 13.9. The third-order valence-electron chi connectivity index (χ3n) is 8.02. The number of rotatable bonds is 3. The number of pyridine rings is 1. The van der Waals surface area contributed by atoms with Crippen molar-refractivity contribution in [3.8, 4) is 11.5 Å². The first-order chi connectivity index (χ1) is 19.8. The second kappa shape index (κ2) is 9.52. The molecule has 5 aromatic rings. The number of likely N-dealkylation sites (tertiary alicyclic amines) is 1. The van der Waals surface area contributed by atoms with Gasteiger partial charge in [-0.2, -0.15) is 0 Å². The lowest BCUT2D eigenvalue weighted by molar-refractivity contribution is 0.0630. The SMILES string of the molecule is O=C(c1cc(-c2ccco2)no1)N1CCC2(CC1)CN(C(=O)c1cc3cc(F)c(F)cc3nc1Cl)c1ccccc12. The summed E-state index contributed by atoms with van der Waals surface area (Å²) in [5, 5.41) is 4.13. The minimum atomic E-state index is -1.04. The highest BCUT2D eigenvalue weighted by Gasteiger charge is 2.47. The van der Waals surface area contributed by atoms with E-state index in [0.717, 1.165) is 23.4 Å². The number of carbonyl (C=O) groups excluding carboxylic acids is 2. The summed E-state index contributed by atoms with van der Waals surface area (Å²) in [4.78, 5) is 34.6. The van der Waals surface area contributed by atoms with Gasteiger partial charge in [-0.25, -0.2) is 13.8 Å². The molecule has 1 spiro atoms. The van der Waals surface area contributed by atoms with Crippen LogP contribution in [0.25, 0.3) is 22.4 Å². The van der Waals surface area contributed by atoms with Gasteiger partial charge in [0.25, 0.3) is 11.8 Å². The molecule has 3 aromatic heterocycles. The van der Waals surface area contributed by atoms with E-state index < -0.39 is 11.6 Å². The van der Waals surface area contributed by atoms with E-state index in [-0.39, 0.29) is 44.6 Å². The number of nitrogens with zero attached hydrogens (tertiary/aromatic N) is 4. The Bertz CT molecular complexity index is 1830. The normalized spacial score (nSPS) is 16.0. The van der Waals surface area contributed by atoms with E-state index >= 15 is 0 Å². The molecule has 0 aliphatic carbocycles. The van der Waals surface area contributed by atoms with Gasteiger partial charge in [0.05, 0.1) is 17.3 Å². The van der Waals surface area contributed by atoms with Crippen LogP contribution < -0.4 is 4.90 Å². The molecule has 11 heteroatoms. The van der Waals surface area contributed by atoms with E-state index in [0.29, 0.717) is 43.9 Å². The molecule has 0 N–H and O–H groups in total. The van der Waals surface area contributed by atoms with Crippen LogP contribution in [0.2, 0.25) is 5.15 Å². The zero-order valence-electron chi connectivity index (χ0n) is 21.4. The molecule has 0 saturated carbocycles. The summed E-state index contributed by atoms with van der Waals surface area (Å²) in [6.07, 6.45) is 2.76. The van der Waals surface area contributed by atoms with Gasteiger partial charge in [0.2, 0.25) is 5.76 Å². The summed E-state index contributed by atoms with van der Waals surface area (Å²) in [5.74, 6) is -2.08. The molecule has 0 bridgehead atoms. The van der Waals surface area contributed by atoms with Gasteiger partial charge in [0.15, 0.2) is 17.4 Å². The van der Waals surface area contributed by atoms with Crippen molar-refractivity contribution in [1.29, 1.82) is 0 Å². The van der Waals surface area contributed by atoms with Gasteiger partial charge in [0, 0.05) is 48.3 Å². The molecule has 0 unspecified atom stereocenters. The van der Waals surface area contributed by atoms with Crippen molar-refractivity contribution in [2.24, 2.45) is 0 Å². The van der Waals surface area contributed by atoms with Crippen LogP contribution in [-0.2, 0) is 5.41 Å². The topological polar surface area (TPSA) is 92.7 Å². The largest absolute Gasteiger partial charge is 0.463 e. The van der Waals surface area contributed by atoms with Crippen LogP contribution in [0.4, 0.5) is 14.5 Å². The molecular formula is C30H21ClF2N4O4. The van der Waals surface area contributed by atoms with E-state index in [1.54, 1.807) is 28.0 Å². The number of anilines is 1. The predicted molar refractivity (Wildman–Crippen MR) is 146 cm³/mol. The lowest BCUT2D eigenvalue weighted by Crippen LogP contribution is -2.47. The molecule has 7 rings (SSSR count). The molecule has 2 amide bonds. The number of carbonyl (C=O) groups is 2. The molecule has 206 valence electrons. The Balaban J connectivity index is 1.14. The molecule has 2 aliphatic rings. The Labute approximate surface area is 237 Å². The van der Waals surface area contributed by atoms with Gasteiger partial charge >= 0.3 is 0 Å². The standard InChI is InChI=1S/C30H21ClF2N4O4/c31-27-18(12-17-13-20(32)21(33)14-22(17)34-27)28(38)37-16-30(19-4-1-2-5-24(19)37)7-9-36(10-8-30)29(39)26-15-23(35-41-26)25-6-3-11-40-25/h1-6,11-15H,7-10,16H2. The lowest BCUT2D eigenvalue weighted by Gasteiger charge is -2.39. The number of hydrogen-bond donors (Lipinski definition) is 0. The Morgan fingerprint density at radius 2 is 1.73 bits per heavy atom. The maximum Gasteiger partial charge on any atom is 0.292 e. The van der Waals surface area contributed by atoms with E-state index in [4.69, 9.17) is 20.5 Å². The zero-order valence-corrected chi connectivity index (χ0v) is 22.2. The monoisotopic (exact) mass is 574 g/mol. The first kappa shape index (κ1) is 25.4. The summed E-state index contributed by atoms with van der Waals surface area (Å²) in [6.45, 7) is 1.29. The van der Waals surface area contributed by atoms with Crippen LogP contribution in [0.15, 0.2) is 75.9 Å². The molecular weight excluding hydrogens is 554 g/mol. The third kappa shape index (κ3) is 4.17. The number of aromatic nitrogens is 2. The predicted octanol–water partition coefficient (Wildman–Crippen LogP) is 6.25. The number of fused-ring (bicyclic) bond motifs is 3. The lowest BCUT2D eigenvalue weighted by atomic mass is 9.74. The van der Waals surface area contributed by atoms with Crippen molar-refractivity contribution in [2.75, 3.05) is 24.5 Å². The number of benzene rings is 2. The third-order valence-corrected chi connectivity index (χ3v) is 8.30. The van der Waals surface area contributed by atoms with Crippen molar-refractivity contribution >= 4 is 40.0 Å². The zero-order chi connectivity index (χ0) is 28.3. The van der Waals surface area contributed by atoms with Gasteiger partial charge in [-0.3, -0.25) is 9.59 Å². The van der Waals surface area contributed by atoms with E-state index in [1.807, 2.05) is 24.3 Å². The first-order valence-corrected chi connectivity index (χ1v) is 13.4. The van der Waals surface area contributed by atoms with Crippen LogP contribution in [0.1, 0.15) is 39.3 Å². The highest BCUT2D eigenvalue weighted by Crippen LogP contribution is 2.48. The summed E-state index contributed by atoms with van der Waals surface area (Å²) in [5.41, 5.74) is 2.08. The summed E-state index contributed by atoms with van der Waals surface area (Å²) in [7, 11) is 0. The molecule has 1 fully saturated rings. The van der Waals surface area contributed by atoms with E-state index in [1.165, 1.54) is 12.3 Å². The van der Waals surface area contributed by atoms with Crippen molar-refractivity contribution in [1.82, 2.24) is 15.0 Å². The summed E-state index contributed by atoms with van der Waals surface area (Å²) < 4.78 is 38.3. The molecule has 41 heavy (non-hydrogen) atoms. The molecule has 1 saturated heterocycles. The molecule has 0 radical (unpaired) electrons. The Hall–Kier alpha value is -4.57. The van der Waals surface area contributed by atoms with E-state index in [2.05, 4.69) is 10.1 Å². The van der Waals surface area contributed by atoms with Crippen LogP contribution in [0, 0.1) is 11.6 Å². The maximum atomic E-state index is 13.9. The fourth-order valence-corrected chi connectivity index (χ4v) is 6.12. The second-order valence-electron chi connectivity index (χ2n) is 10.3. The highest BCUT2D eigenvalue weighted by atomic mass is 35.5. The average Bonchev–Trinajstić information content (AvgIpc) is 3.74. The fraction of sp³-hybridized carbons (Fsp3) is 0.200. The minimum Gasteiger partial charge on any atom is -0.463 e. The van der Waals surface area contributed by atoms with Crippen LogP contribution in [0.3, 0.4) is 0 Å². The number of amides is 2. The van der Waals surface area contributed by atoms with Gasteiger partial charge in [-0.1, -0.05) is 35.0 Å². The first-order valence-electron chi connectivity index (χ1n) is 13.0. The van der Waals surface area contributed by atoms with Gasteiger partial charge < -0.3 is 18.7 Å². The quantitative estimate of drug-likeness (QED) is 0.237. The summed E-state index contributed by atoms with van der Waals surface area (Å²) >= 11 is 6.38. The second-order valence-corrected chi connectivity index (χ2v) is 10.7.